The van der Waals surface area contributed by atoms with Gasteiger partial charge in [-0.1, -0.05) is 6.92 Å². The highest BCUT2D eigenvalue weighted by Crippen LogP contribution is 2.10. The SMILES string of the molecule is CCNC(=NCc1csc(CC)n1)NCc1ccco1. The molecule has 0 aliphatic heterocycles. The molecular formula is C14H20N4OS. The zero-order chi connectivity index (χ0) is 14.2. The third-order valence-corrected chi connectivity index (χ3v) is 3.70. The van der Waals surface area contributed by atoms with E-state index < -0.39 is 0 Å². The van der Waals surface area contributed by atoms with Gasteiger partial charge in [0.15, 0.2) is 5.96 Å². The Bertz CT molecular complexity index is 533. The van der Waals surface area contributed by atoms with Crippen LogP contribution in [0.25, 0.3) is 0 Å². The maximum absolute atomic E-state index is 5.29. The topological polar surface area (TPSA) is 62.5 Å². The van der Waals surface area contributed by atoms with Gasteiger partial charge in [-0.25, -0.2) is 9.98 Å². The van der Waals surface area contributed by atoms with Crippen molar-refractivity contribution in [3.8, 4) is 0 Å². The van der Waals surface area contributed by atoms with Gasteiger partial charge in [-0.3, -0.25) is 0 Å². The van der Waals surface area contributed by atoms with Crippen molar-refractivity contribution in [2.45, 2.75) is 33.4 Å². The van der Waals surface area contributed by atoms with Crippen molar-refractivity contribution in [2.75, 3.05) is 6.54 Å². The molecule has 2 N–H and O–H groups in total. The van der Waals surface area contributed by atoms with E-state index in [0.29, 0.717) is 13.1 Å². The van der Waals surface area contributed by atoms with Crippen LogP contribution in [0, 0.1) is 0 Å². The minimum atomic E-state index is 0.587. The zero-order valence-corrected chi connectivity index (χ0v) is 12.7. The fourth-order valence-corrected chi connectivity index (χ4v) is 2.41. The van der Waals surface area contributed by atoms with E-state index in [-0.39, 0.29) is 0 Å². The van der Waals surface area contributed by atoms with Crippen molar-refractivity contribution in [1.29, 1.82) is 0 Å². The summed E-state index contributed by atoms with van der Waals surface area (Å²) in [5.41, 5.74) is 1.02. The molecule has 0 fully saturated rings. The summed E-state index contributed by atoms with van der Waals surface area (Å²) in [6.07, 6.45) is 2.65. The lowest BCUT2D eigenvalue weighted by molar-refractivity contribution is 0.501. The van der Waals surface area contributed by atoms with Crippen molar-refractivity contribution >= 4 is 17.3 Å². The molecule has 2 aromatic heterocycles. The van der Waals surface area contributed by atoms with E-state index in [1.165, 1.54) is 0 Å². The average Bonchev–Trinajstić information content (AvgIpc) is 3.13. The van der Waals surface area contributed by atoms with Gasteiger partial charge in [-0.15, -0.1) is 11.3 Å². The maximum atomic E-state index is 5.29. The summed E-state index contributed by atoms with van der Waals surface area (Å²) in [4.78, 5) is 9.04. The highest BCUT2D eigenvalue weighted by molar-refractivity contribution is 7.09. The molecule has 5 nitrogen and oxygen atoms in total. The molecule has 0 spiro atoms. The molecule has 0 atom stereocenters. The molecule has 20 heavy (non-hydrogen) atoms. The maximum Gasteiger partial charge on any atom is 0.192 e. The summed E-state index contributed by atoms with van der Waals surface area (Å²) in [7, 11) is 0. The number of aromatic nitrogens is 1. The molecule has 0 unspecified atom stereocenters. The minimum absolute atomic E-state index is 0.587. The lowest BCUT2D eigenvalue weighted by Gasteiger charge is -2.09. The largest absolute Gasteiger partial charge is 0.467 e. The van der Waals surface area contributed by atoms with E-state index in [2.05, 4.69) is 32.9 Å². The second-order valence-electron chi connectivity index (χ2n) is 4.21. The van der Waals surface area contributed by atoms with Gasteiger partial charge in [0.2, 0.25) is 0 Å². The summed E-state index contributed by atoms with van der Waals surface area (Å²) >= 11 is 1.69. The predicted molar refractivity (Wildman–Crippen MR) is 81.9 cm³/mol. The van der Waals surface area contributed by atoms with Crippen LogP contribution in [0.2, 0.25) is 0 Å². The van der Waals surface area contributed by atoms with Gasteiger partial charge >= 0.3 is 0 Å². The second kappa shape index (κ2) is 7.69. The van der Waals surface area contributed by atoms with Crippen molar-refractivity contribution in [3.63, 3.8) is 0 Å². The van der Waals surface area contributed by atoms with E-state index >= 15 is 0 Å². The third kappa shape index (κ3) is 4.38. The number of furan rings is 1. The fraction of sp³-hybridized carbons (Fsp3) is 0.429. The van der Waals surface area contributed by atoms with E-state index in [1.807, 2.05) is 19.1 Å². The molecule has 0 amide bonds. The van der Waals surface area contributed by atoms with Gasteiger partial charge in [0.05, 0.1) is 30.1 Å². The summed E-state index contributed by atoms with van der Waals surface area (Å²) in [5.74, 6) is 1.66. The summed E-state index contributed by atoms with van der Waals surface area (Å²) in [6.45, 7) is 6.18. The molecule has 2 aromatic rings. The Morgan fingerprint density at radius 1 is 1.40 bits per heavy atom. The number of thiazole rings is 1. The van der Waals surface area contributed by atoms with Crippen LogP contribution in [0.4, 0.5) is 0 Å². The van der Waals surface area contributed by atoms with Crippen molar-refractivity contribution in [2.24, 2.45) is 4.99 Å². The normalized spacial score (nSPS) is 11.6. The lowest BCUT2D eigenvalue weighted by atomic mass is 10.4. The molecule has 108 valence electrons. The Morgan fingerprint density at radius 2 is 2.30 bits per heavy atom. The molecule has 6 heteroatoms. The molecule has 2 rings (SSSR count). The van der Waals surface area contributed by atoms with Crippen LogP contribution < -0.4 is 10.6 Å². The van der Waals surface area contributed by atoms with E-state index in [1.54, 1.807) is 17.6 Å². The smallest absolute Gasteiger partial charge is 0.192 e. The van der Waals surface area contributed by atoms with Gasteiger partial charge in [-0.05, 0) is 25.5 Å². The summed E-state index contributed by atoms with van der Waals surface area (Å²) in [5, 5.41) is 9.67. The fourth-order valence-electron chi connectivity index (χ4n) is 1.67. The van der Waals surface area contributed by atoms with Crippen molar-refractivity contribution in [3.05, 3.63) is 40.2 Å². The van der Waals surface area contributed by atoms with Crippen LogP contribution in [0.1, 0.15) is 30.3 Å². The Hall–Kier alpha value is -1.82. The van der Waals surface area contributed by atoms with Gasteiger partial charge in [0.25, 0.3) is 0 Å². The summed E-state index contributed by atoms with van der Waals surface area (Å²) < 4.78 is 5.29. The van der Waals surface area contributed by atoms with E-state index in [9.17, 15) is 0 Å². The number of aryl methyl sites for hydroxylation is 1. The van der Waals surface area contributed by atoms with Gasteiger partial charge < -0.3 is 15.1 Å². The van der Waals surface area contributed by atoms with Crippen LogP contribution in [-0.4, -0.2) is 17.5 Å². The van der Waals surface area contributed by atoms with Gasteiger partial charge in [0, 0.05) is 11.9 Å². The number of hydrogen-bond donors (Lipinski definition) is 2. The third-order valence-electron chi connectivity index (χ3n) is 2.66. The molecule has 0 radical (unpaired) electrons. The van der Waals surface area contributed by atoms with Crippen LogP contribution in [-0.2, 0) is 19.5 Å². The second-order valence-corrected chi connectivity index (χ2v) is 5.16. The van der Waals surface area contributed by atoms with Crippen LogP contribution in [0.3, 0.4) is 0 Å². The van der Waals surface area contributed by atoms with Crippen molar-refractivity contribution < 1.29 is 4.42 Å². The van der Waals surface area contributed by atoms with Crippen LogP contribution in [0.5, 0.6) is 0 Å². The zero-order valence-electron chi connectivity index (χ0n) is 11.8. The molecule has 0 aliphatic rings. The average molecular weight is 292 g/mol. The number of nitrogens with one attached hydrogen (secondary N) is 2. The number of nitrogens with zero attached hydrogens (tertiary/aromatic N) is 2. The first-order valence-corrected chi connectivity index (χ1v) is 7.67. The Kier molecular flexibility index (Phi) is 5.61. The number of guanidine groups is 1. The van der Waals surface area contributed by atoms with E-state index in [4.69, 9.17) is 4.42 Å². The number of rotatable bonds is 6. The highest BCUT2D eigenvalue weighted by Gasteiger charge is 2.02. The Balaban J connectivity index is 1.90. The molecule has 0 aliphatic carbocycles. The van der Waals surface area contributed by atoms with Gasteiger partial charge in [-0.2, -0.15) is 0 Å². The number of hydrogen-bond acceptors (Lipinski definition) is 4. The monoisotopic (exact) mass is 292 g/mol. The Morgan fingerprint density at radius 3 is 2.95 bits per heavy atom. The van der Waals surface area contributed by atoms with Gasteiger partial charge in [0.1, 0.15) is 5.76 Å². The van der Waals surface area contributed by atoms with Crippen molar-refractivity contribution in [1.82, 2.24) is 15.6 Å². The molecular weight excluding hydrogens is 272 g/mol. The Labute approximate surface area is 123 Å². The minimum Gasteiger partial charge on any atom is -0.467 e. The lowest BCUT2D eigenvalue weighted by Crippen LogP contribution is -2.36. The first-order valence-electron chi connectivity index (χ1n) is 6.79. The molecule has 0 saturated carbocycles. The quantitative estimate of drug-likeness (QED) is 0.634. The molecule has 0 aromatic carbocycles. The van der Waals surface area contributed by atoms with E-state index in [0.717, 1.165) is 35.4 Å². The van der Waals surface area contributed by atoms with Crippen LogP contribution >= 0.6 is 11.3 Å². The number of aliphatic imine (C=N–C) groups is 1. The first kappa shape index (κ1) is 14.6. The molecule has 0 saturated heterocycles. The standard InChI is InChI=1S/C14H20N4OS/c1-3-13-18-11(10-20-13)8-16-14(15-4-2)17-9-12-6-5-7-19-12/h5-7,10H,3-4,8-9H2,1-2H3,(H2,15,16,17). The first-order chi connectivity index (χ1) is 9.81. The summed E-state index contributed by atoms with van der Waals surface area (Å²) in [6, 6.07) is 3.81. The molecule has 2 heterocycles. The molecule has 0 bridgehead atoms. The van der Waals surface area contributed by atoms with Crippen LogP contribution in [0.15, 0.2) is 33.2 Å². The predicted octanol–water partition coefficient (Wildman–Crippen LogP) is 2.55. The highest BCUT2D eigenvalue weighted by atomic mass is 32.1.